The Morgan fingerprint density at radius 3 is 1.51 bits per heavy atom. The fourth-order valence-corrected chi connectivity index (χ4v) is 10.0. The smallest absolute Gasteiger partial charge is 0.0540 e. The van der Waals surface area contributed by atoms with Crippen LogP contribution in [0.2, 0.25) is 0 Å². The quantitative estimate of drug-likeness (QED) is 0.141. The third-order valence-corrected chi connectivity index (χ3v) is 13.3. The molecule has 304 valence electrons. The Morgan fingerprint density at radius 1 is 0.381 bits per heavy atom. The highest BCUT2D eigenvalue weighted by molar-refractivity contribution is 6.19. The number of rotatable bonds is 8. The molecule has 9 aromatic rings. The summed E-state index contributed by atoms with van der Waals surface area (Å²) in [6, 6.07) is 73.6. The Balaban J connectivity index is 0.937. The molecular formula is C61H50N2. The van der Waals surface area contributed by atoms with Gasteiger partial charge in [-0.05, 0) is 139 Å². The minimum atomic E-state index is -0.198. The minimum Gasteiger partial charge on any atom is -0.311 e. The maximum absolute atomic E-state index is 2.48. The van der Waals surface area contributed by atoms with Crippen LogP contribution in [0, 0.1) is 0 Å². The third-order valence-electron chi connectivity index (χ3n) is 13.3. The van der Waals surface area contributed by atoms with Crippen LogP contribution in [-0.2, 0) is 10.8 Å². The summed E-state index contributed by atoms with van der Waals surface area (Å²) < 4.78 is 0. The summed E-state index contributed by atoms with van der Waals surface area (Å²) in [5.41, 5.74) is 21.0. The minimum absolute atomic E-state index is 0.0617. The summed E-state index contributed by atoms with van der Waals surface area (Å²) >= 11 is 0. The Hall–Kier alpha value is -7.42. The summed E-state index contributed by atoms with van der Waals surface area (Å²) in [6.45, 7) is 11.6. The highest BCUT2D eigenvalue weighted by atomic mass is 15.1. The molecule has 0 N–H and O–H groups in total. The lowest BCUT2D eigenvalue weighted by molar-refractivity contribution is 0.590. The zero-order chi connectivity index (χ0) is 42.9. The second-order valence-electron chi connectivity index (χ2n) is 18.6. The molecule has 63 heavy (non-hydrogen) atoms. The van der Waals surface area contributed by atoms with Crippen LogP contribution in [0.3, 0.4) is 0 Å². The van der Waals surface area contributed by atoms with Crippen LogP contribution in [0.15, 0.2) is 200 Å². The number of hydrogen-bond acceptors (Lipinski definition) is 2. The molecule has 0 radical (unpaired) electrons. The van der Waals surface area contributed by atoms with Gasteiger partial charge in [0.05, 0.1) is 5.69 Å². The first-order valence-corrected chi connectivity index (χ1v) is 22.2. The van der Waals surface area contributed by atoms with Gasteiger partial charge < -0.3 is 9.80 Å². The average Bonchev–Trinajstić information content (AvgIpc) is 3.75. The van der Waals surface area contributed by atoms with Crippen molar-refractivity contribution in [1.82, 2.24) is 0 Å². The van der Waals surface area contributed by atoms with E-state index in [9.17, 15) is 0 Å². The molecule has 0 aliphatic heterocycles. The number of hydrogen-bond donors (Lipinski definition) is 0. The summed E-state index contributed by atoms with van der Waals surface area (Å²) in [4.78, 5) is 4.78. The molecule has 0 bridgehead atoms. The van der Waals surface area contributed by atoms with Crippen LogP contribution in [0.25, 0.3) is 56.3 Å². The summed E-state index contributed by atoms with van der Waals surface area (Å²) in [6.07, 6.45) is 4.48. The number of nitrogens with zero attached hydrogens (tertiary/aromatic N) is 2. The summed E-state index contributed by atoms with van der Waals surface area (Å²) in [5, 5.41) is 2.60. The van der Waals surface area contributed by atoms with E-state index in [-0.39, 0.29) is 10.8 Å². The van der Waals surface area contributed by atoms with Gasteiger partial charge in [-0.15, -0.1) is 0 Å². The zero-order valence-electron chi connectivity index (χ0n) is 36.6. The van der Waals surface area contributed by atoms with Crippen molar-refractivity contribution in [3.05, 3.63) is 228 Å². The molecule has 9 aromatic carbocycles. The van der Waals surface area contributed by atoms with Crippen molar-refractivity contribution in [2.45, 2.75) is 45.4 Å². The number of benzene rings is 9. The van der Waals surface area contributed by atoms with Crippen molar-refractivity contribution >= 4 is 57.0 Å². The Kier molecular flexibility index (Phi) is 9.10. The second kappa shape index (κ2) is 14.9. The lowest BCUT2D eigenvalue weighted by Crippen LogP contribution is -2.17. The Labute approximate surface area is 372 Å². The SMILES string of the molecule is CC(C)(C)c1ccc(N(c2ccc3c(c2)C(C)(C)c2cc(C=Cc4ccc(N(c5ccccc5)c5ccccc5)cc4)ccc2-3)c2ccc3c4c(cccc24)-c2ccccc2-3)cc1. The van der Waals surface area contributed by atoms with Crippen molar-refractivity contribution in [3.63, 3.8) is 0 Å². The van der Waals surface area contributed by atoms with Crippen LogP contribution in [0.1, 0.15) is 62.4 Å². The van der Waals surface area contributed by atoms with Gasteiger partial charge in [-0.3, -0.25) is 0 Å². The highest BCUT2D eigenvalue weighted by Crippen LogP contribution is 2.54. The van der Waals surface area contributed by atoms with Gasteiger partial charge in [-0.2, -0.15) is 0 Å². The van der Waals surface area contributed by atoms with Crippen LogP contribution in [-0.4, -0.2) is 0 Å². The van der Waals surface area contributed by atoms with E-state index in [1.54, 1.807) is 0 Å². The fraction of sp³-hybridized carbons (Fsp3) is 0.115. The number of fused-ring (bicyclic) bond motifs is 6. The molecule has 0 saturated carbocycles. The van der Waals surface area contributed by atoms with Gasteiger partial charge >= 0.3 is 0 Å². The Bertz CT molecular complexity index is 3140. The molecule has 0 aromatic heterocycles. The maximum Gasteiger partial charge on any atom is 0.0540 e. The van der Waals surface area contributed by atoms with Gasteiger partial charge in [0.1, 0.15) is 0 Å². The van der Waals surface area contributed by atoms with Crippen LogP contribution in [0.5, 0.6) is 0 Å². The van der Waals surface area contributed by atoms with Crippen molar-refractivity contribution in [1.29, 1.82) is 0 Å². The number of anilines is 6. The normalized spacial score (nSPS) is 13.2. The van der Waals surface area contributed by atoms with E-state index in [2.05, 4.69) is 257 Å². The second-order valence-corrected chi connectivity index (χ2v) is 18.6. The molecular weight excluding hydrogens is 761 g/mol. The average molecular weight is 811 g/mol. The molecule has 0 spiro atoms. The standard InChI is InChI=1S/C61H50N2/c1-60(2,3)43-28-32-47(33-29-43)63(58-38-37-54-50-20-13-12-19-49(50)53-21-14-22-55(58)59(53)54)48-34-36-52-51-35-27-42(39-56(51)61(4,5)57(52)40-48)24-23-41-25-30-46(31-26-41)62(44-15-8-6-9-16-44)45-17-10-7-11-18-45/h6-40H,1-5H3. The summed E-state index contributed by atoms with van der Waals surface area (Å²) in [7, 11) is 0. The van der Waals surface area contributed by atoms with Crippen LogP contribution >= 0.6 is 0 Å². The van der Waals surface area contributed by atoms with E-state index in [4.69, 9.17) is 0 Å². The predicted octanol–water partition coefficient (Wildman–Crippen LogP) is 17.2. The largest absolute Gasteiger partial charge is 0.311 e. The molecule has 0 atom stereocenters. The topological polar surface area (TPSA) is 6.48 Å². The molecule has 2 nitrogen and oxygen atoms in total. The first-order chi connectivity index (χ1) is 30.6. The van der Waals surface area contributed by atoms with Gasteiger partial charge in [0.2, 0.25) is 0 Å². The van der Waals surface area contributed by atoms with Gasteiger partial charge in [-0.1, -0.05) is 180 Å². The van der Waals surface area contributed by atoms with Crippen LogP contribution in [0.4, 0.5) is 34.1 Å². The molecule has 0 saturated heterocycles. The van der Waals surface area contributed by atoms with E-state index in [1.165, 1.54) is 72.1 Å². The van der Waals surface area contributed by atoms with Crippen molar-refractivity contribution in [3.8, 4) is 33.4 Å². The van der Waals surface area contributed by atoms with E-state index in [1.807, 2.05) is 0 Å². The van der Waals surface area contributed by atoms with Crippen LogP contribution < -0.4 is 9.80 Å². The van der Waals surface area contributed by atoms with Gasteiger partial charge in [0, 0.05) is 39.2 Å². The molecule has 2 heteroatoms. The third kappa shape index (κ3) is 6.57. The molecule has 0 unspecified atom stereocenters. The first-order valence-electron chi connectivity index (χ1n) is 22.2. The molecule has 0 amide bonds. The first kappa shape index (κ1) is 38.5. The fourth-order valence-electron chi connectivity index (χ4n) is 10.0. The predicted molar refractivity (Wildman–Crippen MR) is 269 cm³/mol. The van der Waals surface area contributed by atoms with Gasteiger partial charge in [0.15, 0.2) is 0 Å². The van der Waals surface area contributed by atoms with E-state index >= 15 is 0 Å². The van der Waals surface area contributed by atoms with E-state index in [0.717, 1.165) is 34.0 Å². The molecule has 2 aliphatic rings. The lowest BCUT2D eigenvalue weighted by Gasteiger charge is -2.30. The van der Waals surface area contributed by atoms with Crippen molar-refractivity contribution in [2.75, 3.05) is 9.80 Å². The summed E-state index contributed by atoms with van der Waals surface area (Å²) in [5.74, 6) is 0. The Morgan fingerprint density at radius 2 is 0.857 bits per heavy atom. The zero-order valence-corrected chi connectivity index (χ0v) is 36.6. The molecule has 0 heterocycles. The van der Waals surface area contributed by atoms with Crippen molar-refractivity contribution < 1.29 is 0 Å². The van der Waals surface area contributed by atoms with Crippen molar-refractivity contribution in [2.24, 2.45) is 0 Å². The van der Waals surface area contributed by atoms with Gasteiger partial charge in [-0.25, -0.2) is 0 Å². The monoisotopic (exact) mass is 810 g/mol. The van der Waals surface area contributed by atoms with E-state index in [0.29, 0.717) is 0 Å². The lowest BCUT2D eigenvalue weighted by atomic mass is 9.81. The number of para-hydroxylation sites is 2. The van der Waals surface area contributed by atoms with Gasteiger partial charge in [0.25, 0.3) is 0 Å². The van der Waals surface area contributed by atoms with E-state index < -0.39 is 0 Å². The maximum atomic E-state index is 2.48. The molecule has 11 rings (SSSR count). The highest BCUT2D eigenvalue weighted by Gasteiger charge is 2.36. The molecule has 2 aliphatic carbocycles. The molecule has 0 fully saturated rings.